The summed E-state index contributed by atoms with van der Waals surface area (Å²) in [7, 11) is 0. The van der Waals surface area contributed by atoms with E-state index in [0.29, 0.717) is 12.2 Å². The van der Waals surface area contributed by atoms with Crippen molar-refractivity contribution in [3.05, 3.63) is 101 Å². The fourth-order valence-corrected chi connectivity index (χ4v) is 3.78. The van der Waals surface area contributed by atoms with Crippen molar-refractivity contribution in [2.75, 3.05) is 0 Å². The van der Waals surface area contributed by atoms with Gasteiger partial charge in [0.15, 0.2) is 0 Å². The van der Waals surface area contributed by atoms with E-state index in [1.165, 1.54) is 16.7 Å². The van der Waals surface area contributed by atoms with Crippen LogP contribution in [0, 0.1) is 20.8 Å². The highest BCUT2D eigenvalue weighted by Crippen LogP contribution is 2.34. The van der Waals surface area contributed by atoms with Gasteiger partial charge in [0.05, 0.1) is 6.42 Å². The van der Waals surface area contributed by atoms with Gasteiger partial charge in [0.1, 0.15) is 5.75 Å². The summed E-state index contributed by atoms with van der Waals surface area (Å²) >= 11 is 0. The summed E-state index contributed by atoms with van der Waals surface area (Å²) < 4.78 is 5.83. The van der Waals surface area contributed by atoms with E-state index in [-0.39, 0.29) is 11.4 Å². The first-order valence-corrected chi connectivity index (χ1v) is 10.3. The number of ether oxygens (including phenoxy) is 1. The van der Waals surface area contributed by atoms with E-state index in [9.17, 15) is 4.79 Å². The van der Waals surface area contributed by atoms with Crippen LogP contribution in [-0.2, 0) is 16.6 Å². The fraction of sp³-hybridized carbons (Fsp3) is 0.296. The molecule has 0 saturated carbocycles. The topological polar surface area (TPSA) is 26.3 Å². The Morgan fingerprint density at radius 2 is 1.45 bits per heavy atom. The monoisotopic (exact) mass is 386 g/mol. The molecule has 0 aromatic heterocycles. The van der Waals surface area contributed by atoms with Crippen LogP contribution in [-0.4, -0.2) is 5.97 Å². The number of esters is 1. The first-order valence-electron chi connectivity index (χ1n) is 10.3. The van der Waals surface area contributed by atoms with Crippen LogP contribution in [0.1, 0.15) is 47.6 Å². The maximum absolute atomic E-state index is 13.0. The van der Waals surface area contributed by atoms with Gasteiger partial charge in [-0.3, -0.25) is 4.79 Å². The number of carbonyl (C=O) groups is 1. The first-order chi connectivity index (χ1) is 13.9. The Hall–Kier alpha value is -2.87. The summed E-state index contributed by atoms with van der Waals surface area (Å²) in [4.78, 5) is 13.0. The van der Waals surface area contributed by atoms with Crippen molar-refractivity contribution >= 4 is 5.97 Å². The molecule has 3 rings (SSSR count). The van der Waals surface area contributed by atoms with Gasteiger partial charge in [-0.1, -0.05) is 85.3 Å². The Morgan fingerprint density at radius 1 is 0.828 bits per heavy atom. The zero-order valence-corrected chi connectivity index (χ0v) is 17.9. The molecule has 29 heavy (non-hydrogen) atoms. The van der Waals surface area contributed by atoms with Gasteiger partial charge < -0.3 is 4.74 Å². The third-order valence-electron chi connectivity index (χ3n) is 5.72. The summed E-state index contributed by atoms with van der Waals surface area (Å²) in [5, 5.41) is 0. The molecule has 0 N–H and O–H groups in total. The maximum atomic E-state index is 13.0. The van der Waals surface area contributed by atoms with Crippen LogP contribution in [0.4, 0.5) is 0 Å². The molecule has 0 bridgehead atoms. The SMILES string of the molecule is Cc1ccc([C@@](C)(CCc2ccccc2)CC(=O)Oc2c(C)cccc2C)cc1. The molecular weight excluding hydrogens is 356 g/mol. The second-order valence-electron chi connectivity index (χ2n) is 8.28. The van der Waals surface area contributed by atoms with Gasteiger partial charge in [-0.25, -0.2) is 0 Å². The number of para-hydroxylation sites is 1. The van der Waals surface area contributed by atoms with Crippen LogP contribution in [0.25, 0.3) is 0 Å². The first kappa shape index (κ1) is 20.9. The Kier molecular flexibility index (Phi) is 6.53. The van der Waals surface area contributed by atoms with Gasteiger partial charge in [-0.15, -0.1) is 0 Å². The minimum absolute atomic E-state index is 0.182. The van der Waals surface area contributed by atoms with Crippen molar-refractivity contribution in [3.63, 3.8) is 0 Å². The predicted octanol–water partition coefficient (Wildman–Crippen LogP) is 6.50. The van der Waals surface area contributed by atoms with E-state index in [2.05, 4.69) is 62.4 Å². The number of rotatable bonds is 7. The van der Waals surface area contributed by atoms with E-state index >= 15 is 0 Å². The normalized spacial score (nSPS) is 13.0. The van der Waals surface area contributed by atoms with E-state index in [1.807, 2.05) is 38.1 Å². The molecule has 2 nitrogen and oxygen atoms in total. The van der Waals surface area contributed by atoms with Crippen molar-refractivity contribution in [2.24, 2.45) is 0 Å². The lowest BCUT2D eigenvalue weighted by molar-refractivity contribution is -0.135. The number of hydrogen-bond acceptors (Lipinski definition) is 2. The smallest absolute Gasteiger partial charge is 0.312 e. The third kappa shape index (κ3) is 5.35. The Balaban J connectivity index is 1.82. The molecule has 0 aliphatic rings. The summed E-state index contributed by atoms with van der Waals surface area (Å²) in [6, 6.07) is 24.9. The van der Waals surface area contributed by atoms with Gasteiger partial charge in [-0.05, 0) is 55.9 Å². The minimum atomic E-state index is -0.294. The summed E-state index contributed by atoms with van der Waals surface area (Å²) in [5.41, 5.74) is 5.36. The second kappa shape index (κ2) is 9.09. The van der Waals surface area contributed by atoms with Crippen LogP contribution >= 0.6 is 0 Å². The molecule has 3 aromatic rings. The molecule has 150 valence electrons. The zero-order valence-electron chi connectivity index (χ0n) is 17.9. The molecule has 0 aliphatic carbocycles. The molecular formula is C27H30O2. The molecule has 0 heterocycles. The Morgan fingerprint density at radius 3 is 2.07 bits per heavy atom. The zero-order chi connectivity index (χ0) is 20.9. The van der Waals surface area contributed by atoms with Crippen molar-refractivity contribution in [3.8, 4) is 5.75 Å². The minimum Gasteiger partial charge on any atom is -0.426 e. The van der Waals surface area contributed by atoms with Crippen molar-refractivity contribution in [1.29, 1.82) is 0 Å². The van der Waals surface area contributed by atoms with E-state index < -0.39 is 0 Å². The van der Waals surface area contributed by atoms with Crippen LogP contribution in [0.3, 0.4) is 0 Å². The van der Waals surface area contributed by atoms with Crippen LogP contribution in [0.5, 0.6) is 5.75 Å². The number of carbonyl (C=O) groups excluding carboxylic acids is 1. The quantitative estimate of drug-likeness (QED) is 0.342. The lowest BCUT2D eigenvalue weighted by Gasteiger charge is -2.30. The number of hydrogen-bond donors (Lipinski definition) is 0. The average Bonchev–Trinajstić information content (AvgIpc) is 2.70. The average molecular weight is 387 g/mol. The predicted molar refractivity (Wildman–Crippen MR) is 119 cm³/mol. The second-order valence-corrected chi connectivity index (χ2v) is 8.28. The maximum Gasteiger partial charge on any atom is 0.312 e. The highest BCUT2D eigenvalue weighted by molar-refractivity contribution is 5.75. The lowest BCUT2D eigenvalue weighted by atomic mass is 9.75. The van der Waals surface area contributed by atoms with Crippen LogP contribution in [0.2, 0.25) is 0 Å². The molecule has 0 radical (unpaired) electrons. The van der Waals surface area contributed by atoms with Gasteiger partial charge in [0, 0.05) is 5.41 Å². The molecule has 3 aromatic carbocycles. The summed E-state index contributed by atoms with van der Waals surface area (Å²) in [6.07, 6.45) is 2.14. The number of aryl methyl sites for hydroxylation is 4. The molecule has 0 unspecified atom stereocenters. The van der Waals surface area contributed by atoms with E-state index in [0.717, 1.165) is 24.0 Å². The van der Waals surface area contributed by atoms with Crippen molar-refractivity contribution in [1.82, 2.24) is 0 Å². The molecule has 0 aliphatic heterocycles. The summed E-state index contributed by atoms with van der Waals surface area (Å²) in [5.74, 6) is 0.505. The Labute approximate surface area is 174 Å². The molecule has 0 amide bonds. The van der Waals surface area contributed by atoms with Crippen molar-refractivity contribution < 1.29 is 9.53 Å². The largest absolute Gasteiger partial charge is 0.426 e. The van der Waals surface area contributed by atoms with E-state index in [4.69, 9.17) is 4.74 Å². The van der Waals surface area contributed by atoms with Gasteiger partial charge in [-0.2, -0.15) is 0 Å². The van der Waals surface area contributed by atoms with Gasteiger partial charge in [0.25, 0.3) is 0 Å². The third-order valence-corrected chi connectivity index (χ3v) is 5.72. The summed E-state index contributed by atoms with van der Waals surface area (Å²) in [6.45, 7) is 8.21. The van der Waals surface area contributed by atoms with Gasteiger partial charge >= 0.3 is 5.97 Å². The lowest BCUT2D eigenvalue weighted by Crippen LogP contribution is -2.29. The number of benzene rings is 3. The molecule has 0 spiro atoms. The Bertz CT molecular complexity index is 937. The molecule has 0 saturated heterocycles. The fourth-order valence-electron chi connectivity index (χ4n) is 3.78. The van der Waals surface area contributed by atoms with Crippen LogP contribution in [0.15, 0.2) is 72.8 Å². The van der Waals surface area contributed by atoms with Crippen molar-refractivity contribution in [2.45, 2.75) is 52.4 Å². The standard InChI is InChI=1S/C27H30O2/c1-20-13-15-24(16-14-20)27(4,18-17-23-11-6-5-7-12-23)19-25(28)29-26-21(2)9-8-10-22(26)3/h5-16H,17-19H2,1-4H3/t27-/m0/s1. The molecule has 2 heteroatoms. The molecule has 1 atom stereocenters. The highest BCUT2D eigenvalue weighted by Gasteiger charge is 2.31. The van der Waals surface area contributed by atoms with Crippen LogP contribution < -0.4 is 4.74 Å². The highest BCUT2D eigenvalue weighted by atomic mass is 16.5. The molecule has 0 fully saturated rings. The van der Waals surface area contributed by atoms with E-state index in [1.54, 1.807) is 0 Å². The van der Waals surface area contributed by atoms with Gasteiger partial charge in [0.2, 0.25) is 0 Å².